The lowest BCUT2D eigenvalue weighted by Gasteiger charge is -2.15. The number of rotatable bonds is 4. The van der Waals surface area contributed by atoms with Gasteiger partial charge in [-0.15, -0.1) is 11.8 Å². The standard InChI is InChI=1S/C14H12Cl3NS/c15-10-3-1-2-9(6-10)14(8-18)19-11-4-5-12(16)13(17)7-11/h1-7,14H,8,18H2. The second-order valence-corrected chi connectivity index (χ2v) is 6.50. The second-order valence-electron chi connectivity index (χ2n) is 3.97. The molecule has 2 aromatic rings. The Bertz CT molecular complexity index is 574. The van der Waals surface area contributed by atoms with Gasteiger partial charge < -0.3 is 5.73 Å². The van der Waals surface area contributed by atoms with Gasteiger partial charge in [0.1, 0.15) is 0 Å². The maximum absolute atomic E-state index is 6.01. The fourth-order valence-corrected chi connectivity index (χ4v) is 3.27. The summed E-state index contributed by atoms with van der Waals surface area (Å²) < 4.78 is 0. The Morgan fingerprint density at radius 2 is 1.79 bits per heavy atom. The summed E-state index contributed by atoms with van der Waals surface area (Å²) >= 11 is 19.6. The Morgan fingerprint density at radius 1 is 1.00 bits per heavy atom. The molecule has 0 heterocycles. The van der Waals surface area contributed by atoms with E-state index in [4.69, 9.17) is 40.5 Å². The Kier molecular flexibility index (Phi) is 5.43. The second kappa shape index (κ2) is 6.87. The van der Waals surface area contributed by atoms with Gasteiger partial charge in [0.15, 0.2) is 0 Å². The van der Waals surface area contributed by atoms with E-state index in [9.17, 15) is 0 Å². The molecule has 0 spiro atoms. The molecule has 0 aromatic heterocycles. The lowest BCUT2D eigenvalue weighted by Crippen LogP contribution is -2.09. The van der Waals surface area contributed by atoms with Crippen LogP contribution in [0.4, 0.5) is 0 Å². The third-order valence-electron chi connectivity index (χ3n) is 2.60. The van der Waals surface area contributed by atoms with Gasteiger partial charge >= 0.3 is 0 Å². The van der Waals surface area contributed by atoms with Crippen LogP contribution in [-0.4, -0.2) is 6.54 Å². The van der Waals surface area contributed by atoms with Gasteiger partial charge in [0.25, 0.3) is 0 Å². The van der Waals surface area contributed by atoms with Crippen LogP contribution in [0.5, 0.6) is 0 Å². The molecule has 0 saturated carbocycles. The molecule has 0 amide bonds. The highest BCUT2D eigenvalue weighted by molar-refractivity contribution is 7.99. The summed E-state index contributed by atoms with van der Waals surface area (Å²) in [5, 5.41) is 1.95. The molecule has 0 radical (unpaired) electrons. The fourth-order valence-electron chi connectivity index (χ4n) is 1.67. The lowest BCUT2D eigenvalue weighted by atomic mass is 10.1. The minimum Gasteiger partial charge on any atom is -0.329 e. The van der Waals surface area contributed by atoms with Gasteiger partial charge in [-0.2, -0.15) is 0 Å². The summed E-state index contributed by atoms with van der Waals surface area (Å²) in [6, 6.07) is 13.3. The minimum absolute atomic E-state index is 0.135. The van der Waals surface area contributed by atoms with Crippen LogP contribution in [0.25, 0.3) is 0 Å². The Balaban J connectivity index is 2.21. The molecule has 2 N–H and O–H groups in total. The van der Waals surface area contributed by atoms with Gasteiger partial charge in [-0.3, -0.25) is 0 Å². The number of nitrogens with two attached hydrogens (primary N) is 1. The smallest absolute Gasteiger partial charge is 0.0603 e. The van der Waals surface area contributed by atoms with Gasteiger partial charge in [-0.1, -0.05) is 46.9 Å². The predicted molar refractivity (Wildman–Crippen MR) is 85.6 cm³/mol. The van der Waals surface area contributed by atoms with Crippen molar-refractivity contribution in [3.8, 4) is 0 Å². The summed E-state index contributed by atoms with van der Waals surface area (Å²) in [5.74, 6) is 0. The molecule has 5 heteroatoms. The number of thioether (sulfide) groups is 1. The highest BCUT2D eigenvalue weighted by Crippen LogP contribution is 2.37. The molecule has 0 aliphatic carbocycles. The van der Waals surface area contributed by atoms with Crippen molar-refractivity contribution in [3.05, 3.63) is 63.1 Å². The Labute approximate surface area is 132 Å². The summed E-state index contributed by atoms with van der Waals surface area (Å²) in [6.07, 6.45) is 0. The molecule has 1 nitrogen and oxygen atoms in total. The first kappa shape index (κ1) is 15.0. The lowest BCUT2D eigenvalue weighted by molar-refractivity contribution is 0.941. The zero-order valence-electron chi connectivity index (χ0n) is 9.95. The molecule has 1 atom stereocenters. The van der Waals surface area contributed by atoms with E-state index in [1.165, 1.54) is 0 Å². The zero-order valence-corrected chi connectivity index (χ0v) is 13.0. The van der Waals surface area contributed by atoms with E-state index in [2.05, 4.69) is 0 Å². The van der Waals surface area contributed by atoms with Crippen molar-refractivity contribution < 1.29 is 0 Å². The van der Waals surface area contributed by atoms with Crippen molar-refractivity contribution in [3.63, 3.8) is 0 Å². The van der Waals surface area contributed by atoms with Crippen molar-refractivity contribution in [2.75, 3.05) is 6.54 Å². The number of hydrogen-bond donors (Lipinski definition) is 1. The molecule has 19 heavy (non-hydrogen) atoms. The van der Waals surface area contributed by atoms with Gasteiger partial charge in [0.2, 0.25) is 0 Å². The Morgan fingerprint density at radius 3 is 2.42 bits per heavy atom. The van der Waals surface area contributed by atoms with Crippen LogP contribution in [0.15, 0.2) is 47.4 Å². The third-order valence-corrected chi connectivity index (χ3v) is 4.85. The topological polar surface area (TPSA) is 26.0 Å². The van der Waals surface area contributed by atoms with Crippen molar-refractivity contribution in [2.24, 2.45) is 5.73 Å². The summed E-state index contributed by atoms with van der Waals surface area (Å²) in [6.45, 7) is 0.519. The molecule has 100 valence electrons. The molecule has 0 aliphatic rings. The third kappa shape index (κ3) is 4.04. The van der Waals surface area contributed by atoms with Crippen molar-refractivity contribution in [1.82, 2.24) is 0 Å². The number of halogens is 3. The first-order valence-electron chi connectivity index (χ1n) is 5.67. The van der Waals surface area contributed by atoms with E-state index in [0.717, 1.165) is 10.5 Å². The largest absolute Gasteiger partial charge is 0.329 e. The SMILES string of the molecule is NCC(Sc1ccc(Cl)c(Cl)c1)c1cccc(Cl)c1. The van der Waals surface area contributed by atoms with Gasteiger partial charge in [0.05, 0.1) is 10.0 Å². The number of hydrogen-bond acceptors (Lipinski definition) is 2. The van der Waals surface area contributed by atoms with Gasteiger partial charge in [-0.05, 0) is 35.9 Å². The van der Waals surface area contributed by atoms with Gasteiger partial charge in [0, 0.05) is 21.7 Å². The summed E-state index contributed by atoms with van der Waals surface area (Å²) in [4.78, 5) is 1.03. The quantitative estimate of drug-likeness (QED) is 0.754. The average Bonchev–Trinajstić information content (AvgIpc) is 2.40. The van der Waals surface area contributed by atoms with E-state index in [1.807, 2.05) is 36.4 Å². The van der Waals surface area contributed by atoms with E-state index < -0.39 is 0 Å². The van der Waals surface area contributed by atoms with Crippen LogP contribution in [0.3, 0.4) is 0 Å². The highest BCUT2D eigenvalue weighted by Gasteiger charge is 2.12. The van der Waals surface area contributed by atoms with Crippen LogP contribution >= 0.6 is 46.6 Å². The van der Waals surface area contributed by atoms with E-state index in [-0.39, 0.29) is 5.25 Å². The minimum atomic E-state index is 0.135. The summed E-state index contributed by atoms with van der Waals surface area (Å²) in [7, 11) is 0. The van der Waals surface area contributed by atoms with E-state index in [1.54, 1.807) is 17.8 Å². The van der Waals surface area contributed by atoms with Crippen molar-refractivity contribution in [1.29, 1.82) is 0 Å². The van der Waals surface area contributed by atoms with E-state index >= 15 is 0 Å². The van der Waals surface area contributed by atoms with Crippen molar-refractivity contribution >= 4 is 46.6 Å². The van der Waals surface area contributed by atoms with Crippen LogP contribution < -0.4 is 5.73 Å². The maximum atomic E-state index is 6.01. The highest BCUT2D eigenvalue weighted by atomic mass is 35.5. The first-order chi connectivity index (χ1) is 9.10. The molecule has 0 bridgehead atoms. The molecule has 0 saturated heterocycles. The van der Waals surface area contributed by atoms with E-state index in [0.29, 0.717) is 21.6 Å². The molecule has 2 aromatic carbocycles. The van der Waals surface area contributed by atoms with Crippen LogP contribution in [-0.2, 0) is 0 Å². The van der Waals surface area contributed by atoms with Crippen LogP contribution in [0, 0.1) is 0 Å². The van der Waals surface area contributed by atoms with Crippen LogP contribution in [0.1, 0.15) is 10.8 Å². The molecule has 0 aliphatic heterocycles. The fraction of sp³-hybridized carbons (Fsp3) is 0.143. The molecule has 0 fully saturated rings. The first-order valence-corrected chi connectivity index (χ1v) is 7.68. The zero-order chi connectivity index (χ0) is 13.8. The van der Waals surface area contributed by atoms with Gasteiger partial charge in [-0.25, -0.2) is 0 Å². The Hall–Kier alpha value is -0.380. The average molecular weight is 333 g/mol. The monoisotopic (exact) mass is 331 g/mol. The molecular weight excluding hydrogens is 321 g/mol. The predicted octanol–water partition coefficient (Wildman–Crippen LogP) is 5.44. The maximum Gasteiger partial charge on any atom is 0.0603 e. The molecule has 2 rings (SSSR count). The normalized spacial score (nSPS) is 12.4. The number of benzene rings is 2. The van der Waals surface area contributed by atoms with Crippen LogP contribution in [0.2, 0.25) is 15.1 Å². The molecule has 1 unspecified atom stereocenters. The molecular formula is C14H12Cl3NS. The van der Waals surface area contributed by atoms with Crippen molar-refractivity contribution in [2.45, 2.75) is 10.1 Å². The summed E-state index contributed by atoms with van der Waals surface area (Å²) in [5.41, 5.74) is 6.95.